The summed E-state index contributed by atoms with van der Waals surface area (Å²) in [4.78, 5) is 11.0. The van der Waals surface area contributed by atoms with Gasteiger partial charge in [0.1, 0.15) is 0 Å². The molecule has 0 radical (unpaired) electrons. The molecule has 78 valence electrons. The van der Waals surface area contributed by atoms with Crippen molar-refractivity contribution < 1.29 is 9.53 Å². The van der Waals surface area contributed by atoms with E-state index in [-0.39, 0.29) is 11.3 Å². The van der Waals surface area contributed by atoms with Crippen molar-refractivity contribution in [3.05, 3.63) is 0 Å². The van der Waals surface area contributed by atoms with Crippen molar-refractivity contribution in [3.8, 4) is 0 Å². The van der Waals surface area contributed by atoms with Crippen molar-refractivity contribution in [2.75, 3.05) is 6.61 Å². The van der Waals surface area contributed by atoms with Gasteiger partial charge in [0.2, 0.25) is 0 Å². The molecule has 0 aromatic carbocycles. The van der Waals surface area contributed by atoms with Gasteiger partial charge in [0.25, 0.3) is 0 Å². The largest absolute Gasteiger partial charge is 0.466 e. The fourth-order valence-corrected chi connectivity index (χ4v) is 1.10. The summed E-state index contributed by atoms with van der Waals surface area (Å²) in [5, 5.41) is 0.175. The molecule has 0 spiro atoms. The Morgan fingerprint density at radius 2 is 2.15 bits per heavy atom. The molecule has 0 N–H and O–H groups in total. The Morgan fingerprint density at radius 3 is 2.69 bits per heavy atom. The standard InChI is InChI=1S/C10H19ClO2/c1-3-4-7-10(12)13-8-5-6-9(2)11/h9H,3-8H2,1-2H3. The summed E-state index contributed by atoms with van der Waals surface area (Å²) in [7, 11) is 0. The molecular weight excluding hydrogens is 188 g/mol. The highest BCUT2D eigenvalue weighted by atomic mass is 35.5. The van der Waals surface area contributed by atoms with Crippen LogP contribution in [-0.4, -0.2) is 18.0 Å². The predicted octanol–water partition coefficient (Wildman–Crippen LogP) is 3.13. The van der Waals surface area contributed by atoms with Crippen molar-refractivity contribution in [3.63, 3.8) is 0 Å². The maximum absolute atomic E-state index is 11.0. The van der Waals surface area contributed by atoms with Gasteiger partial charge >= 0.3 is 5.97 Å². The summed E-state index contributed by atoms with van der Waals surface area (Å²) in [5.41, 5.74) is 0. The summed E-state index contributed by atoms with van der Waals surface area (Å²) in [6, 6.07) is 0. The predicted molar refractivity (Wildman–Crippen MR) is 55.0 cm³/mol. The monoisotopic (exact) mass is 206 g/mol. The number of halogens is 1. The molecule has 2 nitrogen and oxygen atoms in total. The zero-order valence-electron chi connectivity index (χ0n) is 8.51. The molecular formula is C10H19ClO2. The zero-order valence-corrected chi connectivity index (χ0v) is 9.27. The lowest BCUT2D eigenvalue weighted by molar-refractivity contribution is -0.143. The van der Waals surface area contributed by atoms with E-state index in [9.17, 15) is 4.79 Å². The van der Waals surface area contributed by atoms with Gasteiger partial charge in [-0.3, -0.25) is 4.79 Å². The molecule has 0 aliphatic carbocycles. The highest BCUT2D eigenvalue weighted by Crippen LogP contribution is 2.04. The summed E-state index contributed by atoms with van der Waals surface area (Å²) in [6.07, 6.45) is 4.27. The van der Waals surface area contributed by atoms with E-state index in [0.29, 0.717) is 13.0 Å². The van der Waals surface area contributed by atoms with Crippen LogP contribution in [0.4, 0.5) is 0 Å². The van der Waals surface area contributed by atoms with Gasteiger partial charge in [-0.25, -0.2) is 0 Å². The Bertz CT molecular complexity index is 135. The highest BCUT2D eigenvalue weighted by Gasteiger charge is 2.01. The fraction of sp³-hybridized carbons (Fsp3) is 0.900. The lowest BCUT2D eigenvalue weighted by Gasteiger charge is -2.04. The number of hydrogen-bond donors (Lipinski definition) is 0. The number of carbonyl (C=O) groups is 1. The number of rotatable bonds is 7. The molecule has 0 heterocycles. The van der Waals surface area contributed by atoms with E-state index in [4.69, 9.17) is 16.3 Å². The Labute approximate surface area is 85.6 Å². The molecule has 0 aromatic heterocycles. The van der Waals surface area contributed by atoms with Crippen LogP contribution in [0.15, 0.2) is 0 Å². The number of unbranched alkanes of at least 4 members (excludes halogenated alkanes) is 1. The summed E-state index contributed by atoms with van der Waals surface area (Å²) in [6.45, 7) is 4.52. The Morgan fingerprint density at radius 1 is 1.46 bits per heavy atom. The highest BCUT2D eigenvalue weighted by molar-refractivity contribution is 6.20. The molecule has 0 aromatic rings. The molecule has 0 rings (SSSR count). The van der Waals surface area contributed by atoms with Crippen LogP contribution in [0.3, 0.4) is 0 Å². The first-order valence-corrected chi connectivity index (χ1v) is 5.40. The molecule has 1 unspecified atom stereocenters. The maximum Gasteiger partial charge on any atom is 0.305 e. The summed E-state index contributed by atoms with van der Waals surface area (Å²) < 4.78 is 5.00. The van der Waals surface area contributed by atoms with E-state index in [0.717, 1.165) is 25.7 Å². The lowest BCUT2D eigenvalue weighted by Crippen LogP contribution is -2.06. The topological polar surface area (TPSA) is 26.3 Å². The number of ether oxygens (including phenoxy) is 1. The molecule has 0 saturated heterocycles. The minimum absolute atomic E-state index is 0.0796. The van der Waals surface area contributed by atoms with Crippen molar-refractivity contribution in [2.24, 2.45) is 0 Å². The van der Waals surface area contributed by atoms with Gasteiger partial charge in [0.05, 0.1) is 6.61 Å². The van der Waals surface area contributed by atoms with Crippen LogP contribution in [-0.2, 0) is 9.53 Å². The van der Waals surface area contributed by atoms with E-state index in [1.54, 1.807) is 0 Å². The SMILES string of the molecule is CCCCC(=O)OCCCC(C)Cl. The van der Waals surface area contributed by atoms with E-state index >= 15 is 0 Å². The van der Waals surface area contributed by atoms with Gasteiger partial charge in [-0.05, 0) is 26.2 Å². The van der Waals surface area contributed by atoms with E-state index in [1.807, 2.05) is 6.92 Å². The quantitative estimate of drug-likeness (QED) is 0.364. The minimum Gasteiger partial charge on any atom is -0.466 e. The number of alkyl halides is 1. The Hall–Kier alpha value is -0.240. The Balaban J connectivity index is 3.17. The molecule has 13 heavy (non-hydrogen) atoms. The molecule has 0 aliphatic rings. The van der Waals surface area contributed by atoms with Gasteiger partial charge < -0.3 is 4.74 Å². The zero-order chi connectivity index (χ0) is 10.1. The second kappa shape index (κ2) is 8.36. The number of carbonyl (C=O) groups excluding carboxylic acids is 1. The van der Waals surface area contributed by atoms with Crippen LogP contribution in [0.1, 0.15) is 46.0 Å². The third-order valence-corrected chi connectivity index (χ3v) is 1.96. The van der Waals surface area contributed by atoms with Crippen LogP contribution in [0, 0.1) is 0 Å². The Kier molecular flexibility index (Phi) is 8.21. The first-order valence-electron chi connectivity index (χ1n) is 4.96. The van der Waals surface area contributed by atoms with Crippen LogP contribution in [0.5, 0.6) is 0 Å². The molecule has 3 heteroatoms. The minimum atomic E-state index is -0.0796. The third kappa shape index (κ3) is 9.68. The van der Waals surface area contributed by atoms with Crippen molar-refractivity contribution in [2.45, 2.75) is 51.3 Å². The van der Waals surface area contributed by atoms with Crippen molar-refractivity contribution in [1.29, 1.82) is 0 Å². The van der Waals surface area contributed by atoms with Crippen LogP contribution in [0.25, 0.3) is 0 Å². The van der Waals surface area contributed by atoms with E-state index in [2.05, 4.69) is 6.92 Å². The van der Waals surface area contributed by atoms with Crippen molar-refractivity contribution >= 4 is 17.6 Å². The van der Waals surface area contributed by atoms with E-state index in [1.165, 1.54) is 0 Å². The second-order valence-corrected chi connectivity index (χ2v) is 3.99. The normalized spacial score (nSPS) is 12.5. The average Bonchev–Trinajstić information content (AvgIpc) is 2.08. The van der Waals surface area contributed by atoms with Gasteiger partial charge in [-0.2, -0.15) is 0 Å². The van der Waals surface area contributed by atoms with Gasteiger partial charge in [-0.1, -0.05) is 13.3 Å². The van der Waals surface area contributed by atoms with Crippen LogP contribution in [0.2, 0.25) is 0 Å². The van der Waals surface area contributed by atoms with Crippen molar-refractivity contribution in [1.82, 2.24) is 0 Å². The number of esters is 1. The lowest BCUT2D eigenvalue weighted by atomic mass is 10.2. The molecule has 0 saturated carbocycles. The van der Waals surface area contributed by atoms with Crippen LogP contribution < -0.4 is 0 Å². The molecule has 0 aliphatic heterocycles. The number of hydrogen-bond acceptors (Lipinski definition) is 2. The van der Waals surface area contributed by atoms with Crippen LogP contribution >= 0.6 is 11.6 Å². The summed E-state index contributed by atoms with van der Waals surface area (Å²) >= 11 is 5.74. The molecule has 0 fully saturated rings. The first-order chi connectivity index (χ1) is 6.16. The first kappa shape index (κ1) is 12.8. The summed E-state index contributed by atoms with van der Waals surface area (Å²) in [5.74, 6) is -0.0796. The molecule has 1 atom stereocenters. The van der Waals surface area contributed by atoms with Gasteiger partial charge in [-0.15, -0.1) is 11.6 Å². The fourth-order valence-electron chi connectivity index (χ4n) is 0.944. The molecule has 0 bridgehead atoms. The second-order valence-electron chi connectivity index (χ2n) is 3.25. The van der Waals surface area contributed by atoms with E-state index < -0.39 is 0 Å². The third-order valence-electron chi connectivity index (χ3n) is 1.74. The van der Waals surface area contributed by atoms with Gasteiger partial charge in [0, 0.05) is 11.8 Å². The smallest absolute Gasteiger partial charge is 0.305 e. The maximum atomic E-state index is 11.0. The molecule has 0 amide bonds. The average molecular weight is 207 g/mol. The van der Waals surface area contributed by atoms with Gasteiger partial charge in [0.15, 0.2) is 0 Å².